The number of nitrogens with one attached hydrogen (secondary N) is 5. The van der Waals surface area contributed by atoms with Gasteiger partial charge in [0.25, 0.3) is 0 Å². The number of carboxylic acids is 2. The van der Waals surface area contributed by atoms with Crippen LogP contribution in [0.1, 0.15) is 36.8 Å². The third kappa shape index (κ3) is 9.17. The van der Waals surface area contributed by atoms with Gasteiger partial charge in [-0.2, -0.15) is 0 Å². The van der Waals surface area contributed by atoms with Gasteiger partial charge >= 0.3 is 11.9 Å². The molecule has 0 bridgehead atoms. The van der Waals surface area contributed by atoms with E-state index in [1.807, 2.05) is 48.5 Å². The van der Waals surface area contributed by atoms with Crippen LogP contribution in [0.5, 0.6) is 0 Å². The largest absolute Gasteiger partial charge is 0.481 e. The Morgan fingerprint density at radius 3 is 1.70 bits per heavy atom. The molecule has 0 radical (unpaired) electrons. The highest BCUT2D eigenvalue weighted by molar-refractivity contribution is 5.95. The number of amides is 4. The lowest BCUT2D eigenvalue weighted by molar-refractivity contribution is -0.143. The van der Waals surface area contributed by atoms with Crippen molar-refractivity contribution in [3.05, 3.63) is 72.1 Å². The Labute approximate surface area is 268 Å². The van der Waals surface area contributed by atoms with E-state index in [2.05, 4.69) is 25.9 Å². The number of benzene rings is 2. The summed E-state index contributed by atoms with van der Waals surface area (Å²) in [5.41, 5.74) is 14.5. The van der Waals surface area contributed by atoms with Crippen molar-refractivity contribution >= 4 is 57.4 Å². The van der Waals surface area contributed by atoms with E-state index in [9.17, 15) is 39.0 Å². The zero-order chi connectivity index (χ0) is 34.1. The number of fused-ring (bicyclic) bond motifs is 2. The Balaban J connectivity index is 1.55. The molecule has 15 nitrogen and oxygen atoms in total. The maximum absolute atomic E-state index is 13.8. The van der Waals surface area contributed by atoms with E-state index in [1.54, 1.807) is 12.4 Å². The molecule has 248 valence electrons. The van der Waals surface area contributed by atoms with E-state index in [0.29, 0.717) is 5.56 Å². The molecule has 0 saturated heterocycles. The average Bonchev–Trinajstić information content (AvgIpc) is 3.64. The van der Waals surface area contributed by atoms with Crippen LogP contribution >= 0.6 is 0 Å². The number of aliphatic carboxylic acids is 2. The number of hydrogen-bond acceptors (Lipinski definition) is 7. The lowest BCUT2D eigenvalue weighted by atomic mass is 10.0. The molecule has 0 fully saturated rings. The minimum atomic E-state index is -1.52. The molecule has 4 aromatic rings. The molecule has 4 rings (SSSR count). The summed E-state index contributed by atoms with van der Waals surface area (Å²) in [5, 5.41) is 27.9. The van der Waals surface area contributed by atoms with Crippen LogP contribution in [-0.4, -0.2) is 79.9 Å². The molecule has 0 spiro atoms. The van der Waals surface area contributed by atoms with Gasteiger partial charge in [-0.05, 0) is 42.5 Å². The Bertz CT molecular complexity index is 1780. The van der Waals surface area contributed by atoms with Crippen molar-refractivity contribution in [2.45, 2.75) is 62.7 Å². The van der Waals surface area contributed by atoms with E-state index < -0.39 is 66.2 Å². The summed E-state index contributed by atoms with van der Waals surface area (Å²) in [4.78, 5) is 80.8. The van der Waals surface area contributed by atoms with Crippen molar-refractivity contribution in [2.75, 3.05) is 0 Å². The molecular formula is C32H37N7O8. The van der Waals surface area contributed by atoms with Crippen LogP contribution in [0, 0.1) is 0 Å². The molecule has 2 heterocycles. The van der Waals surface area contributed by atoms with E-state index in [-0.39, 0.29) is 32.1 Å². The number of rotatable bonds is 17. The Kier molecular flexibility index (Phi) is 11.3. The molecule has 15 heteroatoms. The SMILES string of the molecule is NC(=O)CCC(NC(=O)C(CCC(=O)O)NC(=O)C(Cc1c[nH]c2ccccc12)NC(=O)C(N)Cc1c[nH]c2ccccc12)C(=O)O. The van der Waals surface area contributed by atoms with E-state index in [0.717, 1.165) is 27.4 Å². The first kappa shape index (κ1) is 34.2. The van der Waals surface area contributed by atoms with Crippen molar-refractivity contribution < 1.29 is 39.0 Å². The van der Waals surface area contributed by atoms with Gasteiger partial charge in [0.05, 0.1) is 6.04 Å². The quantitative estimate of drug-likeness (QED) is 0.0768. The fourth-order valence-corrected chi connectivity index (χ4v) is 5.26. The number of para-hydroxylation sites is 2. The third-order valence-corrected chi connectivity index (χ3v) is 7.76. The van der Waals surface area contributed by atoms with Crippen molar-refractivity contribution in [1.82, 2.24) is 25.9 Å². The fraction of sp³-hybridized carbons (Fsp3) is 0.312. The average molecular weight is 648 g/mol. The standard InChI is InChI=1S/C32H37N7O8/c33-21(13-17-15-35-22-7-3-1-5-19(17)22)29(43)39-26(14-18-16-36-23-8-4-2-6-20(18)23)31(45)37-24(10-12-28(41)42)30(44)38-25(32(46)47)9-11-27(34)40/h1-8,15-16,21,24-26,35-36H,9-14,33H2,(H2,34,40)(H,37,45)(H,38,44)(H,39,43)(H,41,42)(H,46,47). The number of hydrogen-bond donors (Lipinski definition) is 9. The summed E-state index contributed by atoms with van der Waals surface area (Å²) < 4.78 is 0. The molecule has 0 saturated carbocycles. The van der Waals surface area contributed by atoms with Gasteiger partial charge in [0.15, 0.2) is 0 Å². The number of carbonyl (C=O) groups excluding carboxylic acids is 4. The van der Waals surface area contributed by atoms with Crippen molar-refractivity contribution in [1.29, 1.82) is 0 Å². The maximum Gasteiger partial charge on any atom is 0.326 e. The van der Waals surface area contributed by atoms with Gasteiger partial charge in [0, 0.05) is 53.5 Å². The predicted octanol–water partition coefficient (Wildman–Crippen LogP) is 0.431. The molecule has 4 amide bonds. The highest BCUT2D eigenvalue weighted by Crippen LogP contribution is 2.21. The minimum Gasteiger partial charge on any atom is -0.481 e. The number of aromatic amines is 2. The predicted molar refractivity (Wildman–Crippen MR) is 171 cm³/mol. The molecule has 4 atom stereocenters. The zero-order valence-electron chi connectivity index (χ0n) is 25.3. The van der Waals surface area contributed by atoms with Gasteiger partial charge in [-0.15, -0.1) is 0 Å². The Morgan fingerprint density at radius 1 is 0.660 bits per heavy atom. The molecule has 4 unspecified atom stereocenters. The van der Waals surface area contributed by atoms with Crippen LogP contribution in [0.15, 0.2) is 60.9 Å². The summed E-state index contributed by atoms with van der Waals surface area (Å²) >= 11 is 0. The minimum absolute atomic E-state index is 0.0228. The van der Waals surface area contributed by atoms with Gasteiger partial charge in [0.2, 0.25) is 23.6 Å². The Morgan fingerprint density at radius 2 is 1.15 bits per heavy atom. The smallest absolute Gasteiger partial charge is 0.326 e. The summed E-state index contributed by atoms with van der Waals surface area (Å²) in [6.45, 7) is 0. The lowest BCUT2D eigenvalue weighted by Gasteiger charge is -2.25. The monoisotopic (exact) mass is 647 g/mol. The summed E-state index contributed by atoms with van der Waals surface area (Å²) in [5.74, 6) is -5.93. The highest BCUT2D eigenvalue weighted by Gasteiger charge is 2.31. The Hall–Kier alpha value is -5.70. The number of H-pyrrole nitrogens is 2. The van der Waals surface area contributed by atoms with Crippen molar-refractivity contribution in [3.8, 4) is 0 Å². The fourth-order valence-electron chi connectivity index (χ4n) is 5.26. The molecule has 0 aliphatic rings. The molecule has 0 aliphatic heterocycles. The first-order valence-corrected chi connectivity index (χ1v) is 14.9. The van der Waals surface area contributed by atoms with Crippen LogP contribution in [0.25, 0.3) is 21.8 Å². The maximum atomic E-state index is 13.8. The van der Waals surface area contributed by atoms with Gasteiger partial charge in [-0.25, -0.2) is 4.79 Å². The van der Waals surface area contributed by atoms with Gasteiger partial charge in [0.1, 0.15) is 18.1 Å². The van der Waals surface area contributed by atoms with Crippen LogP contribution in [0.4, 0.5) is 0 Å². The second-order valence-electron chi connectivity index (χ2n) is 11.2. The van der Waals surface area contributed by atoms with Gasteiger partial charge in [-0.1, -0.05) is 36.4 Å². The normalized spacial score (nSPS) is 13.7. The summed E-state index contributed by atoms with van der Waals surface area (Å²) in [6, 6.07) is 9.50. The third-order valence-electron chi connectivity index (χ3n) is 7.76. The second-order valence-corrected chi connectivity index (χ2v) is 11.2. The van der Waals surface area contributed by atoms with Gasteiger partial charge in [-0.3, -0.25) is 24.0 Å². The first-order valence-electron chi connectivity index (χ1n) is 14.9. The molecule has 47 heavy (non-hydrogen) atoms. The highest BCUT2D eigenvalue weighted by atomic mass is 16.4. The topological polar surface area (TPSA) is 263 Å². The number of nitrogens with two attached hydrogens (primary N) is 2. The van der Waals surface area contributed by atoms with Crippen LogP contribution in [0.3, 0.4) is 0 Å². The van der Waals surface area contributed by atoms with E-state index in [1.165, 1.54) is 0 Å². The van der Waals surface area contributed by atoms with E-state index >= 15 is 0 Å². The molecule has 2 aromatic heterocycles. The molecular weight excluding hydrogens is 610 g/mol. The zero-order valence-corrected chi connectivity index (χ0v) is 25.3. The van der Waals surface area contributed by atoms with Crippen LogP contribution < -0.4 is 27.4 Å². The molecule has 0 aliphatic carbocycles. The van der Waals surface area contributed by atoms with Crippen LogP contribution in [0.2, 0.25) is 0 Å². The number of carboxylic acid groups (broad SMARTS) is 2. The lowest BCUT2D eigenvalue weighted by Crippen LogP contribution is -2.57. The van der Waals surface area contributed by atoms with E-state index in [4.69, 9.17) is 11.5 Å². The molecule has 2 aromatic carbocycles. The van der Waals surface area contributed by atoms with Crippen molar-refractivity contribution in [2.24, 2.45) is 11.5 Å². The van der Waals surface area contributed by atoms with Gasteiger partial charge < -0.3 is 47.6 Å². The summed E-state index contributed by atoms with van der Waals surface area (Å²) in [6.07, 6.45) is 2.01. The van der Waals surface area contributed by atoms with Crippen LogP contribution in [-0.2, 0) is 41.6 Å². The second kappa shape index (κ2) is 15.5. The summed E-state index contributed by atoms with van der Waals surface area (Å²) in [7, 11) is 0. The number of primary amides is 1. The van der Waals surface area contributed by atoms with Crippen molar-refractivity contribution in [3.63, 3.8) is 0 Å². The number of carbonyl (C=O) groups is 6. The number of aromatic nitrogens is 2. The molecule has 11 N–H and O–H groups in total. The first-order chi connectivity index (χ1) is 22.4.